The van der Waals surface area contributed by atoms with Crippen LogP contribution in [0.2, 0.25) is 5.02 Å². The maximum atomic E-state index is 12.2. The molecule has 0 amide bonds. The van der Waals surface area contributed by atoms with Crippen LogP contribution in [0, 0.1) is 0 Å². The van der Waals surface area contributed by atoms with Crippen LogP contribution in [0.25, 0.3) is 0 Å². The van der Waals surface area contributed by atoms with Crippen LogP contribution in [0.15, 0.2) is 52.4 Å². The van der Waals surface area contributed by atoms with E-state index in [1.807, 2.05) is 18.2 Å². The first-order valence-electron chi connectivity index (χ1n) is 9.06. The van der Waals surface area contributed by atoms with E-state index in [-0.39, 0.29) is 42.2 Å². The van der Waals surface area contributed by atoms with Crippen LogP contribution < -0.4 is 24.8 Å². The molecular formula is C19H24ClIN4O4S. The summed E-state index contributed by atoms with van der Waals surface area (Å²) in [5, 5.41) is 6.64. The molecule has 1 heterocycles. The van der Waals surface area contributed by atoms with Gasteiger partial charge in [-0.2, -0.15) is 0 Å². The Morgan fingerprint density at radius 3 is 2.60 bits per heavy atom. The number of rotatable bonds is 8. The van der Waals surface area contributed by atoms with Crippen molar-refractivity contribution < 1.29 is 17.9 Å². The van der Waals surface area contributed by atoms with E-state index >= 15 is 0 Å². The van der Waals surface area contributed by atoms with Gasteiger partial charge in [0.1, 0.15) is 0 Å². The molecule has 0 spiro atoms. The Morgan fingerprint density at radius 1 is 1.07 bits per heavy atom. The Morgan fingerprint density at radius 2 is 1.83 bits per heavy atom. The van der Waals surface area contributed by atoms with Crippen molar-refractivity contribution in [2.24, 2.45) is 4.99 Å². The maximum Gasteiger partial charge on any atom is 0.240 e. The van der Waals surface area contributed by atoms with E-state index in [1.165, 1.54) is 12.1 Å². The molecule has 0 bridgehead atoms. The first-order chi connectivity index (χ1) is 14.0. The zero-order valence-electron chi connectivity index (χ0n) is 16.4. The third kappa shape index (κ3) is 6.89. The summed E-state index contributed by atoms with van der Waals surface area (Å²) < 4.78 is 37.7. The number of sulfonamides is 1. The first-order valence-corrected chi connectivity index (χ1v) is 10.9. The van der Waals surface area contributed by atoms with Crippen molar-refractivity contribution >= 4 is 51.6 Å². The lowest BCUT2D eigenvalue weighted by Crippen LogP contribution is -2.42. The van der Waals surface area contributed by atoms with Gasteiger partial charge in [-0.25, -0.2) is 13.1 Å². The van der Waals surface area contributed by atoms with Gasteiger partial charge in [0.2, 0.25) is 16.8 Å². The average Bonchev–Trinajstić information content (AvgIpc) is 3.17. The van der Waals surface area contributed by atoms with Crippen LogP contribution in [0.4, 0.5) is 0 Å². The quantitative estimate of drug-likeness (QED) is 0.196. The summed E-state index contributed by atoms with van der Waals surface area (Å²) in [6, 6.07) is 12.0. The summed E-state index contributed by atoms with van der Waals surface area (Å²) in [7, 11) is -1.94. The number of nitrogens with zero attached hydrogens (tertiary/aromatic N) is 1. The summed E-state index contributed by atoms with van der Waals surface area (Å²) in [4.78, 5) is 4.27. The van der Waals surface area contributed by atoms with Crippen LogP contribution in [-0.2, 0) is 16.4 Å². The lowest BCUT2D eigenvalue weighted by atomic mass is 10.1. The van der Waals surface area contributed by atoms with Crippen molar-refractivity contribution in [2.75, 3.05) is 33.5 Å². The molecule has 11 heteroatoms. The minimum absolute atomic E-state index is 0. The Labute approximate surface area is 198 Å². The van der Waals surface area contributed by atoms with Gasteiger partial charge in [0.15, 0.2) is 17.5 Å². The van der Waals surface area contributed by atoms with Crippen molar-refractivity contribution in [3.05, 3.63) is 53.1 Å². The van der Waals surface area contributed by atoms with Crippen LogP contribution in [0.3, 0.4) is 0 Å². The predicted molar refractivity (Wildman–Crippen MR) is 128 cm³/mol. The van der Waals surface area contributed by atoms with Gasteiger partial charge in [0.05, 0.1) is 4.90 Å². The fraction of sp³-hybridized carbons (Fsp3) is 0.316. The minimum Gasteiger partial charge on any atom is -0.454 e. The number of aliphatic imine (C=N–C) groups is 1. The highest BCUT2D eigenvalue weighted by molar-refractivity contribution is 14.0. The molecule has 1 aliphatic heterocycles. The van der Waals surface area contributed by atoms with E-state index in [2.05, 4.69) is 20.3 Å². The summed E-state index contributed by atoms with van der Waals surface area (Å²) >= 11 is 5.85. The van der Waals surface area contributed by atoms with Crippen LogP contribution in [0.1, 0.15) is 5.56 Å². The number of hydrogen-bond acceptors (Lipinski definition) is 5. The Hall–Kier alpha value is -1.76. The van der Waals surface area contributed by atoms with Crippen molar-refractivity contribution in [3.63, 3.8) is 0 Å². The van der Waals surface area contributed by atoms with E-state index in [0.717, 1.165) is 23.5 Å². The van der Waals surface area contributed by atoms with Gasteiger partial charge < -0.3 is 20.1 Å². The summed E-state index contributed by atoms with van der Waals surface area (Å²) in [5.41, 5.74) is 1.12. The highest BCUT2D eigenvalue weighted by atomic mass is 127. The van der Waals surface area contributed by atoms with Gasteiger partial charge in [-0.3, -0.25) is 4.99 Å². The summed E-state index contributed by atoms with van der Waals surface area (Å²) in [6.45, 7) is 1.50. The third-order valence-electron chi connectivity index (χ3n) is 4.18. The molecular weight excluding hydrogens is 543 g/mol. The fourth-order valence-electron chi connectivity index (χ4n) is 2.73. The molecule has 8 nitrogen and oxygen atoms in total. The molecule has 0 unspecified atom stereocenters. The van der Waals surface area contributed by atoms with Gasteiger partial charge in [-0.1, -0.05) is 23.7 Å². The van der Waals surface area contributed by atoms with Gasteiger partial charge in [-0.05, 0) is 42.3 Å². The molecule has 2 aromatic carbocycles. The molecule has 3 N–H and O–H groups in total. The molecule has 0 atom stereocenters. The first kappa shape index (κ1) is 24.5. The molecule has 1 aliphatic rings. The van der Waals surface area contributed by atoms with E-state index in [4.69, 9.17) is 21.1 Å². The topological polar surface area (TPSA) is 101 Å². The van der Waals surface area contributed by atoms with E-state index < -0.39 is 10.0 Å². The second-order valence-corrected chi connectivity index (χ2v) is 8.42. The number of nitrogens with one attached hydrogen (secondary N) is 3. The normalized spacial score (nSPS) is 12.9. The molecule has 0 saturated carbocycles. The monoisotopic (exact) mass is 566 g/mol. The highest BCUT2D eigenvalue weighted by Crippen LogP contribution is 2.32. The Bertz CT molecular complexity index is 988. The van der Waals surface area contributed by atoms with Crippen LogP contribution in [0.5, 0.6) is 11.5 Å². The third-order valence-corrected chi connectivity index (χ3v) is 5.88. The molecule has 0 aliphatic carbocycles. The zero-order chi connectivity index (χ0) is 20.7. The Kier molecular flexibility index (Phi) is 9.46. The lowest BCUT2D eigenvalue weighted by Gasteiger charge is -2.13. The van der Waals surface area contributed by atoms with Gasteiger partial charge in [0.25, 0.3) is 0 Å². The number of benzene rings is 2. The van der Waals surface area contributed by atoms with E-state index in [0.29, 0.717) is 24.1 Å². The van der Waals surface area contributed by atoms with E-state index in [9.17, 15) is 8.42 Å². The average molecular weight is 567 g/mol. The molecule has 0 fully saturated rings. The highest BCUT2D eigenvalue weighted by Gasteiger charge is 2.14. The second kappa shape index (κ2) is 11.6. The molecule has 2 aromatic rings. The van der Waals surface area contributed by atoms with Crippen molar-refractivity contribution in [1.29, 1.82) is 0 Å². The lowest BCUT2D eigenvalue weighted by molar-refractivity contribution is 0.174. The SMILES string of the molecule is CN=C(NCCNS(=O)(=O)c1cccc(Cl)c1)NCCc1ccc2c(c1)OCO2.I. The molecule has 0 saturated heterocycles. The van der Waals surface area contributed by atoms with Gasteiger partial charge >= 0.3 is 0 Å². The van der Waals surface area contributed by atoms with Gasteiger partial charge in [-0.15, -0.1) is 24.0 Å². The Balaban J connectivity index is 0.00000320. The number of fused-ring (bicyclic) bond motifs is 1. The zero-order valence-corrected chi connectivity index (χ0v) is 20.3. The predicted octanol–water partition coefficient (Wildman–Crippen LogP) is 2.37. The molecule has 0 aromatic heterocycles. The number of ether oxygens (including phenoxy) is 2. The summed E-state index contributed by atoms with van der Waals surface area (Å²) in [5.74, 6) is 2.11. The fourth-order valence-corrected chi connectivity index (χ4v) is 4.06. The second-order valence-electron chi connectivity index (χ2n) is 6.22. The number of hydrogen-bond donors (Lipinski definition) is 3. The standard InChI is InChI=1S/C19H23ClN4O4S.HI/c1-21-19(22-8-7-14-5-6-17-18(11-14)28-13-27-17)23-9-10-24-29(25,26)16-4-2-3-15(20)12-16;/h2-6,11-12,24H,7-10,13H2,1H3,(H2,21,22,23);1H. The molecule has 0 radical (unpaired) electrons. The number of guanidine groups is 1. The van der Waals surface area contributed by atoms with Crippen molar-refractivity contribution in [2.45, 2.75) is 11.3 Å². The van der Waals surface area contributed by atoms with Gasteiger partial charge in [0, 0.05) is 31.7 Å². The minimum atomic E-state index is -3.60. The smallest absolute Gasteiger partial charge is 0.240 e. The molecule has 30 heavy (non-hydrogen) atoms. The van der Waals surface area contributed by atoms with E-state index in [1.54, 1.807) is 19.2 Å². The van der Waals surface area contributed by atoms with Crippen LogP contribution in [-0.4, -0.2) is 47.9 Å². The largest absolute Gasteiger partial charge is 0.454 e. The summed E-state index contributed by atoms with van der Waals surface area (Å²) in [6.07, 6.45) is 0.777. The molecule has 3 rings (SSSR count). The van der Waals surface area contributed by atoms with Crippen LogP contribution >= 0.6 is 35.6 Å². The number of halogens is 2. The van der Waals surface area contributed by atoms with Crippen molar-refractivity contribution in [3.8, 4) is 11.5 Å². The van der Waals surface area contributed by atoms with Crippen molar-refractivity contribution in [1.82, 2.24) is 15.4 Å². The maximum absolute atomic E-state index is 12.2. The molecule has 164 valence electrons.